The van der Waals surface area contributed by atoms with E-state index in [4.69, 9.17) is 15.2 Å². The second-order valence-corrected chi connectivity index (χ2v) is 9.94. The number of hydrogen-bond donors (Lipinski definition) is 3. The van der Waals surface area contributed by atoms with E-state index < -0.39 is 6.09 Å². The highest BCUT2D eigenvalue weighted by Crippen LogP contribution is 2.27. The van der Waals surface area contributed by atoms with Crippen molar-refractivity contribution in [1.82, 2.24) is 15.5 Å². The number of carbonyl (C=O) groups excluding carboxylic acids is 2. The Bertz CT molecular complexity index is 1070. The van der Waals surface area contributed by atoms with Crippen LogP contribution in [0, 0.1) is 11.8 Å². The summed E-state index contributed by atoms with van der Waals surface area (Å²) in [4.78, 5) is 26.9. The number of carbonyl (C=O) groups is 2. The minimum atomic E-state index is -0.481. The van der Waals surface area contributed by atoms with Crippen molar-refractivity contribution < 1.29 is 19.1 Å². The van der Waals surface area contributed by atoms with Gasteiger partial charge in [0.15, 0.2) is 0 Å². The molecule has 1 fully saturated rings. The Morgan fingerprint density at radius 3 is 2.63 bits per heavy atom. The first-order valence-corrected chi connectivity index (χ1v) is 13.4. The number of methoxy groups -OCH3 is 1. The number of nitrogens with zero attached hydrogens (tertiary/aromatic N) is 1. The number of nitrogens with two attached hydrogens (primary N) is 1. The molecule has 4 N–H and O–H groups in total. The zero-order valence-corrected chi connectivity index (χ0v) is 22.9. The number of alkyl carbamates (subject to hydrolysis) is 1. The van der Waals surface area contributed by atoms with E-state index in [2.05, 4.69) is 28.2 Å². The lowest BCUT2D eigenvalue weighted by molar-refractivity contribution is 0.0823. The van der Waals surface area contributed by atoms with Crippen LogP contribution in [0.3, 0.4) is 0 Å². The SMILES string of the molecule is C=C(NC(=O)OCC)N1CCCC(CC(COC)[C@@H](C)NC(=O)c2ccc(-c3cccc(CN)c3)cc2)C1. The Morgan fingerprint density at radius 2 is 1.95 bits per heavy atom. The number of piperidine rings is 1. The number of rotatable bonds is 12. The van der Waals surface area contributed by atoms with Crippen LogP contribution in [0.5, 0.6) is 0 Å². The Balaban J connectivity index is 1.58. The highest BCUT2D eigenvalue weighted by molar-refractivity contribution is 5.94. The third-order valence-corrected chi connectivity index (χ3v) is 7.15. The molecule has 206 valence electrons. The van der Waals surface area contributed by atoms with E-state index in [0.717, 1.165) is 49.0 Å². The van der Waals surface area contributed by atoms with Gasteiger partial charge in [0.05, 0.1) is 13.2 Å². The summed E-state index contributed by atoms with van der Waals surface area (Å²) in [6.07, 6.45) is 2.51. The van der Waals surface area contributed by atoms with Crippen LogP contribution in [0.15, 0.2) is 60.9 Å². The molecule has 1 heterocycles. The highest BCUT2D eigenvalue weighted by Gasteiger charge is 2.28. The minimum absolute atomic E-state index is 0.0698. The molecule has 0 spiro atoms. The highest BCUT2D eigenvalue weighted by atomic mass is 16.5. The molecule has 2 unspecified atom stereocenters. The Kier molecular flexibility index (Phi) is 11.2. The van der Waals surface area contributed by atoms with Crippen molar-refractivity contribution in [3.05, 3.63) is 72.1 Å². The minimum Gasteiger partial charge on any atom is -0.450 e. The Hall–Kier alpha value is -3.36. The van der Waals surface area contributed by atoms with Crippen LogP contribution in [0.2, 0.25) is 0 Å². The predicted octanol–water partition coefficient (Wildman–Crippen LogP) is 4.51. The summed E-state index contributed by atoms with van der Waals surface area (Å²) in [6, 6.07) is 15.7. The van der Waals surface area contributed by atoms with Gasteiger partial charge in [0.2, 0.25) is 0 Å². The van der Waals surface area contributed by atoms with E-state index >= 15 is 0 Å². The second-order valence-electron chi connectivity index (χ2n) is 9.94. The normalized spacial score (nSPS) is 16.8. The smallest absolute Gasteiger partial charge is 0.412 e. The molecular weight excluding hydrogens is 480 g/mol. The van der Waals surface area contributed by atoms with Crippen LogP contribution >= 0.6 is 0 Å². The molecular formula is C30H42N4O4. The molecule has 3 rings (SSSR count). The molecule has 38 heavy (non-hydrogen) atoms. The van der Waals surface area contributed by atoms with Crippen LogP contribution in [0.25, 0.3) is 11.1 Å². The van der Waals surface area contributed by atoms with Crippen LogP contribution in [0.1, 0.15) is 49.0 Å². The van der Waals surface area contributed by atoms with Gasteiger partial charge in [-0.2, -0.15) is 0 Å². The predicted molar refractivity (Wildman–Crippen MR) is 150 cm³/mol. The van der Waals surface area contributed by atoms with Crippen molar-refractivity contribution in [2.24, 2.45) is 17.6 Å². The van der Waals surface area contributed by atoms with Crippen molar-refractivity contribution in [3.63, 3.8) is 0 Å². The first-order valence-electron chi connectivity index (χ1n) is 13.4. The Labute approximate surface area is 226 Å². The lowest BCUT2D eigenvalue weighted by Crippen LogP contribution is -2.44. The summed E-state index contributed by atoms with van der Waals surface area (Å²) < 4.78 is 10.5. The lowest BCUT2D eigenvalue weighted by Gasteiger charge is -2.37. The van der Waals surface area contributed by atoms with Gasteiger partial charge in [-0.3, -0.25) is 10.1 Å². The molecule has 8 heteroatoms. The molecule has 1 aliphatic rings. The maximum atomic E-state index is 13.1. The van der Waals surface area contributed by atoms with Gasteiger partial charge < -0.3 is 25.4 Å². The summed E-state index contributed by atoms with van der Waals surface area (Å²) in [5.74, 6) is 1.01. The monoisotopic (exact) mass is 522 g/mol. The van der Waals surface area contributed by atoms with Gasteiger partial charge in [0.25, 0.3) is 5.91 Å². The number of ether oxygens (including phenoxy) is 2. The fraction of sp³-hybridized carbons (Fsp3) is 0.467. The average Bonchev–Trinajstić information content (AvgIpc) is 2.93. The number of hydrogen-bond acceptors (Lipinski definition) is 6. The molecule has 0 aliphatic carbocycles. The van der Waals surface area contributed by atoms with Gasteiger partial charge in [-0.05, 0) is 73.9 Å². The molecule has 3 atom stereocenters. The molecule has 0 saturated carbocycles. The van der Waals surface area contributed by atoms with Gasteiger partial charge in [0.1, 0.15) is 5.82 Å². The number of amides is 2. The van der Waals surface area contributed by atoms with Crippen molar-refractivity contribution in [2.45, 2.75) is 45.7 Å². The first kappa shape index (κ1) is 29.2. The van der Waals surface area contributed by atoms with Gasteiger partial charge >= 0.3 is 6.09 Å². The molecule has 0 aromatic heterocycles. The maximum absolute atomic E-state index is 13.1. The van der Waals surface area contributed by atoms with Crippen molar-refractivity contribution in [3.8, 4) is 11.1 Å². The summed E-state index contributed by atoms with van der Waals surface area (Å²) in [5.41, 5.74) is 9.59. The molecule has 2 amide bonds. The third-order valence-electron chi connectivity index (χ3n) is 7.15. The summed E-state index contributed by atoms with van der Waals surface area (Å²) in [7, 11) is 1.69. The molecule has 1 saturated heterocycles. The van der Waals surface area contributed by atoms with E-state index in [1.165, 1.54) is 0 Å². The third kappa shape index (κ3) is 8.33. The van der Waals surface area contributed by atoms with Gasteiger partial charge in [-0.25, -0.2) is 4.79 Å². The largest absolute Gasteiger partial charge is 0.450 e. The van der Waals surface area contributed by atoms with Crippen molar-refractivity contribution >= 4 is 12.0 Å². The lowest BCUT2D eigenvalue weighted by atomic mass is 9.85. The van der Waals surface area contributed by atoms with E-state index in [0.29, 0.717) is 37.1 Å². The van der Waals surface area contributed by atoms with E-state index in [-0.39, 0.29) is 17.9 Å². The molecule has 0 bridgehead atoms. The summed E-state index contributed by atoms with van der Waals surface area (Å²) in [5, 5.41) is 5.90. The molecule has 0 radical (unpaired) electrons. The van der Waals surface area contributed by atoms with E-state index in [9.17, 15) is 9.59 Å². The van der Waals surface area contributed by atoms with Gasteiger partial charge in [-0.15, -0.1) is 0 Å². The van der Waals surface area contributed by atoms with Crippen molar-refractivity contribution in [2.75, 3.05) is 33.4 Å². The number of likely N-dealkylation sites (tertiary alicyclic amines) is 1. The van der Waals surface area contributed by atoms with E-state index in [1.54, 1.807) is 14.0 Å². The fourth-order valence-corrected chi connectivity index (χ4v) is 5.03. The van der Waals surface area contributed by atoms with Gasteiger partial charge in [0, 0.05) is 44.3 Å². The zero-order chi connectivity index (χ0) is 27.5. The summed E-state index contributed by atoms with van der Waals surface area (Å²) in [6.45, 7) is 10.8. The standard InChI is InChI=1S/C30H42N4O4/c1-5-38-30(36)33-22(3)34-15-7-9-24(19-34)17-28(20-37-4)21(2)32-29(35)26-13-11-25(12-14-26)27-10-6-8-23(16-27)18-31/h6,8,10-14,16,21,24,28H,3,5,7,9,15,17-20,31H2,1-2,4H3,(H,32,35)(H,33,36)/t21-,24?,28?/m1/s1. The first-order chi connectivity index (χ1) is 18.3. The van der Waals surface area contributed by atoms with Crippen LogP contribution in [-0.4, -0.2) is 56.4 Å². The average molecular weight is 523 g/mol. The number of benzene rings is 2. The summed E-state index contributed by atoms with van der Waals surface area (Å²) >= 11 is 0. The van der Waals surface area contributed by atoms with Crippen LogP contribution in [-0.2, 0) is 16.0 Å². The Morgan fingerprint density at radius 1 is 1.18 bits per heavy atom. The molecule has 1 aliphatic heterocycles. The quantitative estimate of drug-likeness (QED) is 0.379. The zero-order valence-electron chi connectivity index (χ0n) is 22.9. The van der Waals surface area contributed by atoms with Crippen LogP contribution in [0.4, 0.5) is 4.79 Å². The number of nitrogens with one attached hydrogen (secondary N) is 2. The van der Waals surface area contributed by atoms with Gasteiger partial charge in [-0.1, -0.05) is 36.9 Å². The fourth-order valence-electron chi connectivity index (χ4n) is 5.03. The second kappa shape index (κ2) is 14.5. The molecule has 2 aromatic rings. The molecule has 2 aromatic carbocycles. The maximum Gasteiger partial charge on any atom is 0.412 e. The van der Waals surface area contributed by atoms with E-state index in [1.807, 2.05) is 49.4 Å². The van der Waals surface area contributed by atoms with Crippen molar-refractivity contribution in [1.29, 1.82) is 0 Å². The van der Waals surface area contributed by atoms with Crippen LogP contribution < -0.4 is 16.4 Å². The topological polar surface area (TPSA) is 106 Å². The molecule has 8 nitrogen and oxygen atoms in total.